The molecule has 0 saturated carbocycles. The summed E-state index contributed by atoms with van der Waals surface area (Å²) in [6.45, 7) is 1.89. The number of carbonyl (C=O) groups is 2. The Morgan fingerprint density at radius 3 is 2.46 bits per heavy atom. The molecule has 1 aromatic heterocycles. The third-order valence-corrected chi connectivity index (χ3v) is 3.68. The Labute approximate surface area is 151 Å². The molecule has 9 nitrogen and oxygen atoms in total. The van der Waals surface area contributed by atoms with Crippen LogP contribution >= 0.6 is 0 Å². The van der Waals surface area contributed by atoms with Crippen molar-refractivity contribution < 1.29 is 34.4 Å². The topological polar surface area (TPSA) is 152 Å². The number of hydrogen-bond acceptors (Lipinski definition) is 8. The molecule has 146 valence electrons. The highest BCUT2D eigenvalue weighted by Crippen LogP contribution is 2.19. The molecule has 0 aromatic carbocycles. The standard InChI is InChI=1S/C11H20O6.C6H6N2O/c1-2-3-4-5-8(12)16-6-7-9(13)10(14)11(15)17-7;7-6(9)5-2-1-3-8-4-5/h7,9-11,13-15H,2-6H2,1H3;1-4H,(H2,7,9)/t7-,9-,10-,11?;/m1./s1. The number of aliphatic hydroxyl groups is 3. The third kappa shape index (κ3) is 7.44. The fourth-order valence-electron chi connectivity index (χ4n) is 2.14. The molecule has 1 unspecified atom stereocenters. The molecule has 5 N–H and O–H groups in total. The minimum Gasteiger partial charge on any atom is -0.463 e. The summed E-state index contributed by atoms with van der Waals surface area (Å²) in [5.41, 5.74) is 5.38. The minimum absolute atomic E-state index is 0.153. The summed E-state index contributed by atoms with van der Waals surface area (Å²) in [7, 11) is 0. The van der Waals surface area contributed by atoms with Crippen molar-refractivity contribution in [2.45, 2.75) is 57.2 Å². The first-order chi connectivity index (χ1) is 12.4. The van der Waals surface area contributed by atoms with Gasteiger partial charge in [-0.05, 0) is 18.6 Å². The second-order valence-electron chi connectivity index (χ2n) is 5.79. The van der Waals surface area contributed by atoms with Crippen molar-refractivity contribution in [3.05, 3.63) is 30.1 Å². The maximum Gasteiger partial charge on any atom is 0.305 e. The molecule has 1 saturated heterocycles. The molecule has 1 amide bonds. The van der Waals surface area contributed by atoms with Crippen LogP contribution in [0.1, 0.15) is 43.0 Å². The van der Waals surface area contributed by atoms with E-state index in [1.165, 1.54) is 6.20 Å². The molecule has 1 aromatic rings. The zero-order valence-corrected chi connectivity index (χ0v) is 14.7. The van der Waals surface area contributed by atoms with Gasteiger partial charge in [0.15, 0.2) is 6.29 Å². The summed E-state index contributed by atoms with van der Waals surface area (Å²) in [6, 6.07) is 3.29. The largest absolute Gasteiger partial charge is 0.463 e. The van der Waals surface area contributed by atoms with Gasteiger partial charge in [0.2, 0.25) is 5.91 Å². The molecule has 9 heteroatoms. The first-order valence-electron chi connectivity index (χ1n) is 8.42. The van der Waals surface area contributed by atoms with E-state index >= 15 is 0 Å². The first-order valence-corrected chi connectivity index (χ1v) is 8.42. The Balaban J connectivity index is 0.000000314. The van der Waals surface area contributed by atoms with Gasteiger partial charge in [0.1, 0.15) is 24.9 Å². The van der Waals surface area contributed by atoms with Crippen LogP contribution in [0.15, 0.2) is 24.5 Å². The molecule has 4 atom stereocenters. The van der Waals surface area contributed by atoms with Crippen molar-refractivity contribution in [1.29, 1.82) is 0 Å². The number of carbonyl (C=O) groups excluding carboxylic acids is 2. The number of rotatable bonds is 7. The molecule has 0 aliphatic carbocycles. The highest BCUT2D eigenvalue weighted by atomic mass is 16.7. The maximum atomic E-state index is 11.3. The molecule has 26 heavy (non-hydrogen) atoms. The van der Waals surface area contributed by atoms with Gasteiger partial charge < -0.3 is 30.5 Å². The Morgan fingerprint density at radius 2 is 2.00 bits per heavy atom. The Kier molecular flexibility index (Phi) is 9.74. The average molecular weight is 370 g/mol. The number of primary amides is 1. The molecular weight excluding hydrogens is 344 g/mol. The van der Waals surface area contributed by atoms with Gasteiger partial charge in [-0.3, -0.25) is 14.6 Å². The number of unbranched alkanes of at least 4 members (excludes halogenated alkanes) is 2. The van der Waals surface area contributed by atoms with Crippen LogP contribution in [0.3, 0.4) is 0 Å². The number of ether oxygens (including phenoxy) is 2. The van der Waals surface area contributed by atoms with Crippen LogP contribution in [0.2, 0.25) is 0 Å². The lowest BCUT2D eigenvalue weighted by atomic mass is 10.1. The lowest BCUT2D eigenvalue weighted by molar-refractivity contribution is -0.157. The van der Waals surface area contributed by atoms with Crippen LogP contribution in [0.5, 0.6) is 0 Å². The molecule has 2 rings (SSSR count). The van der Waals surface area contributed by atoms with Gasteiger partial charge in [0.05, 0.1) is 5.56 Å². The fraction of sp³-hybridized carbons (Fsp3) is 0.588. The number of esters is 1. The van der Waals surface area contributed by atoms with E-state index in [2.05, 4.69) is 4.98 Å². The minimum atomic E-state index is -1.42. The van der Waals surface area contributed by atoms with E-state index < -0.39 is 30.5 Å². The quantitative estimate of drug-likeness (QED) is 0.378. The SMILES string of the molecule is CCCCCC(=O)OC[C@H]1OC(O)[C@H](O)[C@@H]1O.NC(=O)c1cccnc1. The van der Waals surface area contributed by atoms with E-state index in [0.29, 0.717) is 12.0 Å². The second kappa shape index (κ2) is 11.5. The van der Waals surface area contributed by atoms with Crippen LogP contribution in [0.4, 0.5) is 0 Å². The molecule has 0 radical (unpaired) electrons. The Hall–Kier alpha value is -2.07. The summed E-state index contributed by atoms with van der Waals surface area (Å²) < 4.78 is 9.73. The second-order valence-corrected chi connectivity index (χ2v) is 5.79. The van der Waals surface area contributed by atoms with Crippen LogP contribution in [0, 0.1) is 0 Å². The predicted molar refractivity (Wildman–Crippen MR) is 90.7 cm³/mol. The number of amides is 1. The fourth-order valence-corrected chi connectivity index (χ4v) is 2.14. The summed E-state index contributed by atoms with van der Waals surface area (Å²) in [5.74, 6) is -0.798. The molecule has 0 spiro atoms. The number of nitrogens with two attached hydrogens (primary N) is 1. The van der Waals surface area contributed by atoms with E-state index in [4.69, 9.17) is 20.3 Å². The maximum absolute atomic E-state index is 11.3. The van der Waals surface area contributed by atoms with Gasteiger partial charge in [-0.1, -0.05) is 19.8 Å². The van der Waals surface area contributed by atoms with Gasteiger partial charge in [-0.2, -0.15) is 0 Å². The molecular formula is C17H26N2O7. The van der Waals surface area contributed by atoms with Gasteiger partial charge >= 0.3 is 5.97 Å². The zero-order chi connectivity index (χ0) is 19.5. The normalized spacial score (nSPS) is 24.5. The number of aliphatic hydroxyl groups excluding tert-OH is 3. The molecule has 1 aliphatic heterocycles. The van der Waals surface area contributed by atoms with E-state index in [0.717, 1.165) is 19.3 Å². The molecule has 2 heterocycles. The number of nitrogens with zero attached hydrogens (tertiary/aromatic N) is 1. The number of hydrogen-bond donors (Lipinski definition) is 4. The van der Waals surface area contributed by atoms with Crippen molar-refractivity contribution in [2.24, 2.45) is 5.73 Å². The third-order valence-electron chi connectivity index (χ3n) is 3.68. The smallest absolute Gasteiger partial charge is 0.305 e. The average Bonchev–Trinajstić information content (AvgIpc) is 2.88. The summed E-state index contributed by atoms with van der Waals surface area (Å²) in [4.78, 5) is 25.3. The van der Waals surface area contributed by atoms with Crippen molar-refractivity contribution in [3.8, 4) is 0 Å². The van der Waals surface area contributed by atoms with Crippen molar-refractivity contribution in [1.82, 2.24) is 4.98 Å². The lowest BCUT2D eigenvalue weighted by Crippen LogP contribution is -2.34. The van der Waals surface area contributed by atoms with E-state index in [1.54, 1.807) is 18.3 Å². The highest BCUT2D eigenvalue weighted by Gasteiger charge is 2.42. The number of aromatic nitrogens is 1. The highest BCUT2D eigenvalue weighted by molar-refractivity contribution is 5.92. The summed E-state index contributed by atoms with van der Waals surface area (Å²) in [5, 5.41) is 27.7. The summed E-state index contributed by atoms with van der Waals surface area (Å²) >= 11 is 0. The predicted octanol–water partition coefficient (Wildman–Crippen LogP) is -0.271. The monoisotopic (exact) mass is 370 g/mol. The molecule has 1 fully saturated rings. The van der Waals surface area contributed by atoms with E-state index in [1.807, 2.05) is 6.92 Å². The van der Waals surface area contributed by atoms with Crippen LogP contribution in [-0.4, -0.2) is 63.4 Å². The van der Waals surface area contributed by atoms with Gasteiger partial charge in [0, 0.05) is 18.8 Å². The van der Waals surface area contributed by atoms with Crippen molar-refractivity contribution in [2.75, 3.05) is 6.61 Å². The van der Waals surface area contributed by atoms with Crippen molar-refractivity contribution in [3.63, 3.8) is 0 Å². The zero-order valence-electron chi connectivity index (χ0n) is 14.7. The van der Waals surface area contributed by atoms with Crippen molar-refractivity contribution >= 4 is 11.9 Å². The van der Waals surface area contributed by atoms with Crippen LogP contribution < -0.4 is 5.73 Å². The Bertz CT molecular complexity index is 555. The van der Waals surface area contributed by atoms with Crippen LogP contribution in [0.25, 0.3) is 0 Å². The summed E-state index contributed by atoms with van der Waals surface area (Å²) in [6.07, 6.45) is 1.26. The van der Waals surface area contributed by atoms with Gasteiger partial charge in [-0.25, -0.2) is 0 Å². The van der Waals surface area contributed by atoms with Gasteiger partial charge in [-0.15, -0.1) is 0 Å². The molecule has 1 aliphatic rings. The van der Waals surface area contributed by atoms with E-state index in [-0.39, 0.29) is 12.6 Å². The van der Waals surface area contributed by atoms with Gasteiger partial charge in [0.25, 0.3) is 0 Å². The number of pyridine rings is 1. The lowest BCUT2D eigenvalue weighted by Gasteiger charge is -2.14. The molecule has 0 bridgehead atoms. The first kappa shape index (κ1) is 22.0. The Morgan fingerprint density at radius 1 is 1.27 bits per heavy atom. The van der Waals surface area contributed by atoms with E-state index in [9.17, 15) is 19.8 Å². The van der Waals surface area contributed by atoms with Crippen LogP contribution in [-0.2, 0) is 14.3 Å².